The number of thiophene rings is 1. The molecule has 124 valence electrons. The Kier molecular flexibility index (Phi) is 5.30. The monoisotopic (exact) mass is 342 g/mol. The zero-order chi connectivity index (χ0) is 17.0. The van der Waals surface area contributed by atoms with Crippen LogP contribution in [0.25, 0.3) is 0 Å². The third kappa shape index (κ3) is 4.72. The Hall–Kier alpha value is -2.02. The number of amides is 1. The number of carbonyl (C=O) groups excluding carboxylic acids is 1. The van der Waals surface area contributed by atoms with E-state index < -0.39 is 11.7 Å². The topological polar surface area (TPSA) is 32.3 Å². The van der Waals surface area contributed by atoms with Crippen molar-refractivity contribution >= 4 is 28.6 Å². The minimum absolute atomic E-state index is 0.168. The molecule has 0 atom stereocenters. The molecule has 2 rings (SSSR count). The van der Waals surface area contributed by atoms with Gasteiger partial charge in [-0.3, -0.25) is 4.79 Å². The second-order valence-electron chi connectivity index (χ2n) is 5.25. The van der Waals surface area contributed by atoms with Gasteiger partial charge in [0.1, 0.15) is 0 Å². The maximum Gasteiger partial charge on any atom is 0.416 e. The number of rotatable bonds is 5. The number of hydrogen-bond acceptors (Lipinski definition) is 3. The zero-order valence-electron chi connectivity index (χ0n) is 12.8. The minimum atomic E-state index is -4.44. The van der Waals surface area contributed by atoms with Gasteiger partial charge in [-0.15, -0.1) is 11.3 Å². The summed E-state index contributed by atoms with van der Waals surface area (Å²) in [5.74, 6) is -0.305. The van der Waals surface area contributed by atoms with E-state index in [0.717, 1.165) is 17.0 Å². The molecule has 0 fully saturated rings. The molecule has 1 aromatic carbocycles. The molecule has 0 aliphatic rings. The highest BCUT2D eigenvalue weighted by molar-refractivity contribution is 7.09. The first-order valence-corrected chi connectivity index (χ1v) is 7.86. The highest BCUT2D eigenvalue weighted by atomic mass is 32.1. The largest absolute Gasteiger partial charge is 0.416 e. The summed E-state index contributed by atoms with van der Waals surface area (Å²) in [6.45, 7) is 0. The Morgan fingerprint density at radius 3 is 2.57 bits per heavy atom. The van der Waals surface area contributed by atoms with Crippen molar-refractivity contribution in [2.24, 2.45) is 0 Å². The molecule has 0 unspecified atom stereocenters. The van der Waals surface area contributed by atoms with Gasteiger partial charge >= 0.3 is 6.18 Å². The van der Waals surface area contributed by atoms with Gasteiger partial charge in [0.05, 0.1) is 16.9 Å². The summed E-state index contributed by atoms with van der Waals surface area (Å²) in [6, 6.07) is 7.16. The van der Waals surface area contributed by atoms with Crippen molar-refractivity contribution in [1.29, 1.82) is 0 Å². The molecule has 0 saturated carbocycles. The standard InChI is InChI=1S/C16H17F3N2OS/c1-21(2)14-7-5-11(16(17,18)19)10-13(14)20-15(22)8-6-12-4-3-9-23-12/h3-5,7,9-10H,6,8H2,1-2H3,(H,20,22). The molecule has 0 spiro atoms. The summed E-state index contributed by atoms with van der Waals surface area (Å²) in [7, 11) is 3.42. The molecule has 0 saturated heterocycles. The van der Waals surface area contributed by atoms with E-state index in [9.17, 15) is 18.0 Å². The molecule has 7 heteroatoms. The van der Waals surface area contributed by atoms with Crippen LogP contribution in [0, 0.1) is 0 Å². The predicted molar refractivity (Wildman–Crippen MR) is 87.0 cm³/mol. The number of benzene rings is 1. The fourth-order valence-electron chi connectivity index (χ4n) is 2.11. The van der Waals surface area contributed by atoms with Crippen molar-refractivity contribution < 1.29 is 18.0 Å². The highest BCUT2D eigenvalue weighted by Crippen LogP contribution is 2.35. The predicted octanol–water partition coefficient (Wildman–Crippen LogP) is 4.40. The summed E-state index contributed by atoms with van der Waals surface area (Å²) in [4.78, 5) is 14.8. The van der Waals surface area contributed by atoms with Crippen LogP contribution < -0.4 is 10.2 Å². The quantitative estimate of drug-likeness (QED) is 0.873. The lowest BCUT2D eigenvalue weighted by molar-refractivity contribution is -0.137. The summed E-state index contributed by atoms with van der Waals surface area (Å²) in [5, 5.41) is 4.51. The fourth-order valence-corrected chi connectivity index (χ4v) is 2.82. The molecule has 23 heavy (non-hydrogen) atoms. The van der Waals surface area contributed by atoms with Gasteiger partial charge in [0.2, 0.25) is 5.91 Å². The van der Waals surface area contributed by atoms with Gasteiger partial charge in [-0.05, 0) is 36.1 Å². The van der Waals surface area contributed by atoms with E-state index in [1.807, 2.05) is 17.5 Å². The summed E-state index contributed by atoms with van der Waals surface area (Å²) in [5.41, 5.74) is -0.0832. The minimum Gasteiger partial charge on any atom is -0.376 e. The summed E-state index contributed by atoms with van der Waals surface area (Å²) >= 11 is 1.55. The van der Waals surface area contributed by atoms with Gasteiger partial charge in [-0.2, -0.15) is 13.2 Å². The molecule has 1 aromatic heterocycles. The first-order valence-electron chi connectivity index (χ1n) is 6.98. The van der Waals surface area contributed by atoms with Gasteiger partial charge in [-0.1, -0.05) is 6.07 Å². The van der Waals surface area contributed by atoms with Crippen molar-refractivity contribution in [2.75, 3.05) is 24.3 Å². The van der Waals surface area contributed by atoms with E-state index in [1.165, 1.54) is 6.07 Å². The average Bonchev–Trinajstić information content (AvgIpc) is 2.97. The number of nitrogens with zero attached hydrogens (tertiary/aromatic N) is 1. The number of alkyl halides is 3. The molecule has 1 amide bonds. The molecule has 0 aliphatic heterocycles. The highest BCUT2D eigenvalue weighted by Gasteiger charge is 2.31. The molecule has 0 aliphatic carbocycles. The third-order valence-corrected chi connectivity index (χ3v) is 4.19. The normalized spacial score (nSPS) is 11.3. The van der Waals surface area contributed by atoms with Crippen LogP contribution in [0.5, 0.6) is 0 Å². The lowest BCUT2D eigenvalue weighted by Gasteiger charge is -2.19. The van der Waals surface area contributed by atoms with E-state index in [4.69, 9.17) is 0 Å². The second-order valence-corrected chi connectivity index (χ2v) is 6.28. The van der Waals surface area contributed by atoms with Gasteiger partial charge < -0.3 is 10.2 Å². The molecule has 2 aromatic rings. The van der Waals surface area contributed by atoms with E-state index in [-0.39, 0.29) is 18.0 Å². The molecule has 0 radical (unpaired) electrons. The molecular formula is C16H17F3N2OS. The number of anilines is 2. The lowest BCUT2D eigenvalue weighted by Crippen LogP contribution is -2.18. The Balaban J connectivity index is 2.14. The van der Waals surface area contributed by atoms with Crippen molar-refractivity contribution in [3.8, 4) is 0 Å². The Morgan fingerprint density at radius 2 is 2.00 bits per heavy atom. The van der Waals surface area contributed by atoms with E-state index in [1.54, 1.807) is 30.3 Å². The molecule has 0 bridgehead atoms. The average molecular weight is 342 g/mol. The molecule has 1 heterocycles. The maximum absolute atomic E-state index is 12.8. The van der Waals surface area contributed by atoms with Gasteiger partial charge in [0.25, 0.3) is 0 Å². The smallest absolute Gasteiger partial charge is 0.376 e. The first-order chi connectivity index (χ1) is 10.8. The van der Waals surface area contributed by atoms with Crippen LogP contribution in [-0.2, 0) is 17.4 Å². The first kappa shape index (κ1) is 17.3. The van der Waals surface area contributed by atoms with Gasteiger partial charge in [-0.25, -0.2) is 0 Å². The van der Waals surface area contributed by atoms with Crippen LogP contribution in [-0.4, -0.2) is 20.0 Å². The van der Waals surface area contributed by atoms with Crippen LogP contribution in [0.2, 0.25) is 0 Å². The second kappa shape index (κ2) is 7.04. The lowest BCUT2D eigenvalue weighted by atomic mass is 10.1. The van der Waals surface area contributed by atoms with Gasteiger partial charge in [0.15, 0.2) is 0 Å². The van der Waals surface area contributed by atoms with Crippen LogP contribution in [0.1, 0.15) is 16.9 Å². The Morgan fingerprint density at radius 1 is 1.26 bits per heavy atom. The van der Waals surface area contributed by atoms with Crippen molar-refractivity contribution in [2.45, 2.75) is 19.0 Å². The van der Waals surface area contributed by atoms with Crippen molar-refractivity contribution in [3.63, 3.8) is 0 Å². The summed E-state index contributed by atoms with van der Waals surface area (Å²) in [6.07, 6.45) is -3.65. The van der Waals surface area contributed by atoms with Crippen LogP contribution in [0.15, 0.2) is 35.7 Å². The molecular weight excluding hydrogens is 325 g/mol. The van der Waals surface area contributed by atoms with E-state index in [2.05, 4.69) is 5.32 Å². The van der Waals surface area contributed by atoms with E-state index in [0.29, 0.717) is 12.1 Å². The van der Waals surface area contributed by atoms with Crippen molar-refractivity contribution in [3.05, 3.63) is 46.2 Å². The Labute approximate surface area is 136 Å². The SMILES string of the molecule is CN(C)c1ccc(C(F)(F)F)cc1NC(=O)CCc1cccs1. The number of hydrogen-bond donors (Lipinski definition) is 1. The Bertz CT molecular complexity index is 666. The zero-order valence-corrected chi connectivity index (χ0v) is 13.6. The summed E-state index contributed by atoms with van der Waals surface area (Å²) < 4.78 is 38.5. The van der Waals surface area contributed by atoms with Crippen LogP contribution in [0.4, 0.5) is 24.5 Å². The number of nitrogens with one attached hydrogen (secondary N) is 1. The number of aryl methyl sites for hydroxylation is 1. The third-order valence-electron chi connectivity index (χ3n) is 3.26. The van der Waals surface area contributed by atoms with E-state index >= 15 is 0 Å². The van der Waals surface area contributed by atoms with Gasteiger partial charge in [0, 0.05) is 25.4 Å². The molecule has 3 nitrogen and oxygen atoms in total. The maximum atomic E-state index is 12.8. The van der Waals surface area contributed by atoms with Crippen molar-refractivity contribution in [1.82, 2.24) is 0 Å². The number of carbonyl (C=O) groups is 1. The van der Waals surface area contributed by atoms with Crippen LogP contribution in [0.3, 0.4) is 0 Å². The number of halogens is 3. The fraction of sp³-hybridized carbons (Fsp3) is 0.312. The molecule has 1 N–H and O–H groups in total. The van der Waals surface area contributed by atoms with Crippen LogP contribution >= 0.6 is 11.3 Å².